The number of rotatable bonds is 6. The molecule has 0 spiro atoms. The number of benzene rings is 1. The third-order valence-corrected chi connectivity index (χ3v) is 3.44. The normalized spacial score (nSPS) is 15.0. The summed E-state index contributed by atoms with van der Waals surface area (Å²) < 4.78 is 0. The zero-order valence-electron chi connectivity index (χ0n) is 11.3. The van der Waals surface area contributed by atoms with Gasteiger partial charge in [-0.1, -0.05) is 24.6 Å². The van der Waals surface area contributed by atoms with Crippen LogP contribution in [0.1, 0.15) is 30.9 Å². The molecule has 1 aliphatic rings. The topological polar surface area (TPSA) is 15.3 Å². The third-order valence-electron chi connectivity index (χ3n) is 3.44. The quantitative estimate of drug-likeness (QED) is 0.811. The number of hydrogen-bond donors (Lipinski definition) is 1. The van der Waals surface area contributed by atoms with E-state index in [-0.39, 0.29) is 0 Å². The first-order chi connectivity index (χ1) is 8.20. The Bertz CT molecular complexity index is 369. The minimum atomic E-state index is 0.938. The highest BCUT2D eigenvalue weighted by Crippen LogP contribution is 2.32. The van der Waals surface area contributed by atoms with Gasteiger partial charge in [-0.2, -0.15) is 0 Å². The first kappa shape index (κ1) is 12.4. The van der Waals surface area contributed by atoms with Gasteiger partial charge in [-0.15, -0.1) is 0 Å². The second-order valence-electron chi connectivity index (χ2n) is 5.24. The third kappa shape index (κ3) is 3.47. The lowest BCUT2D eigenvalue weighted by Gasteiger charge is -2.23. The van der Waals surface area contributed by atoms with Crippen molar-refractivity contribution in [3.05, 3.63) is 29.3 Å². The highest BCUT2D eigenvalue weighted by molar-refractivity contribution is 5.54. The van der Waals surface area contributed by atoms with Crippen molar-refractivity contribution in [2.75, 3.05) is 25.0 Å². The first-order valence-corrected chi connectivity index (χ1v) is 6.72. The molecule has 0 radical (unpaired) electrons. The fourth-order valence-corrected chi connectivity index (χ4v) is 2.27. The Kier molecular flexibility index (Phi) is 4.06. The van der Waals surface area contributed by atoms with Crippen molar-refractivity contribution in [3.63, 3.8) is 0 Å². The van der Waals surface area contributed by atoms with Crippen LogP contribution in [0.15, 0.2) is 18.2 Å². The van der Waals surface area contributed by atoms with E-state index in [2.05, 4.69) is 49.3 Å². The molecule has 0 bridgehead atoms. The number of aryl methyl sites for hydroxylation is 1. The Morgan fingerprint density at radius 2 is 2.12 bits per heavy atom. The van der Waals surface area contributed by atoms with Crippen LogP contribution in [0.25, 0.3) is 0 Å². The minimum absolute atomic E-state index is 0.938. The Hall–Kier alpha value is -1.02. The number of nitrogens with zero attached hydrogens (tertiary/aromatic N) is 1. The lowest BCUT2D eigenvalue weighted by molar-refractivity contribution is 0.717. The van der Waals surface area contributed by atoms with Crippen LogP contribution in [0.4, 0.5) is 5.69 Å². The summed E-state index contributed by atoms with van der Waals surface area (Å²) in [7, 11) is 2.22. The summed E-state index contributed by atoms with van der Waals surface area (Å²) in [5, 5.41) is 3.43. The van der Waals surface area contributed by atoms with Gasteiger partial charge in [0.15, 0.2) is 0 Å². The molecular formula is C15H24N2. The molecule has 2 rings (SSSR count). The molecule has 1 aromatic carbocycles. The standard InChI is InChI=1S/C15H24N2/c1-4-16-10-14-9-12(2)5-8-15(14)17(3)11-13-6-7-13/h5,8-9,13,16H,4,6-7,10-11H2,1-3H3. The van der Waals surface area contributed by atoms with E-state index in [0.717, 1.165) is 19.0 Å². The zero-order chi connectivity index (χ0) is 12.3. The van der Waals surface area contributed by atoms with Crippen molar-refractivity contribution in [2.45, 2.75) is 33.2 Å². The summed E-state index contributed by atoms with van der Waals surface area (Å²) in [5.74, 6) is 0.938. The molecule has 0 saturated heterocycles. The fraction of sp³-hybridized carbons (Fsp3) is 0.600. The van der Waals surface area contributed by atoms with E-state index in [1.807, 2.05) is 0 Å². The van der Waals surface area contributed by atoms with Gasteiger partial charge in [0.25, 0.3) is 0 Å². The highest BCUT2D eigenvalue weighted by atomic mass is 15.1. The molecule has 94 valence electrons. The molecule has 0 aromatic heterocycles. The van der Waals surface area contributed by atoms with Gasteiger partial charge in [-0.3, -0.25) is 0 Å². The Morgan fingerprint density at radius 1 is 1.35 bits per heavy atom. The van der Waals surface area contributed by atoms with Crippen molar-refractivity contribution >= 4 is 5.69 Å². The SMILES string of the molecule is CCNCc1cc(C)ccc1N(C)CC1CC1. The first-order valence-electron chi connectivity index (χ1n) is 6.72. The van der Waals surface area contributed by atoms with E-state index in [0.29, 0.717) is 0 Å². The lowest BCUT2D eigenvalue weighted by atomic mass is 10.1. The smallest absolute Gasteiger partial charge is 0.0409 e. The Labute approximate surface area is 105 Å². The van der Waals surface area contributed by atoms with Gasteiger partial charge >= 0.3 is 0 Å². The molecule has 1 aromatic rings. The van der Waals surface area contributed by atoms with Crippen molar-refractivity contribution in [1.82, 2.24) is 5.32 Å². The largest absolute Gasteiger partial charge is 0.374 e. The zero-order valence-corrected chi connectivity index (χ0v) is 11.3. The van der Waals surface area contributed by atoms with E-state index >= 15 is 0 Å². The molecule has 0 amide bonds. The molecule has 1 N–H and O–H groups in total. The van der Waals surface area contributed by atoms with Crippen LogP contribution >= 0.6 is 0 Å². The van der Waals surface area contributed by atoms with E-state index in [4.69, 9.17) is 0 Å². The van der Waals surface area contributed by atoms with Gasteiger partial charge in [0.2, 0.25) is 0 Å². The molecule has 17 heavy (non-hydrogen) atoms. The van der Waals surface area contributed by atoms with Crippen molar-refractivity contribution in [1.29, 1.82) is 0 Å². The maximum atomic E-state index is 3.43. The van der Waals surface area contributed by atoms with Crippen LogP contribution in [0.5, 0.6) is 0 Å². The van der Waals surface area contributed by atoms with Gasteiger partial charge < -0.3 is 10.2 Å². The van der Waals surface area contributed by atoms with Gasteiger partial charge in [-0.25, -0.2) is 0 Å². The molecule has 0 heterocycles. The van der Waals surface area contributed by atoms with Crippen LogP contribution in [0.3, 0.4) is 0 Å². The summed E-state index contributed by atoms with van der Waals surface area (Å²) in [5.41, 5.74) is 4.17. The van der Waals surface area contributed by atoms with Crippen molar-refractivity contribution < 1.29 is 0 Å². The average molecular weight is 232 g/mol. The van der Waals surface area contributed by atoms with Gasteiger partial charge in [0, 0.05) is 25.8 Å². The predicted molar refractivity (Wildman–Crippen MR) is 74.6 cm³/mol. The number of anilines is 1. The second kappa shape index (κ2) is 5.54. The maximum Gasteiger partial charge on any atom is 0.0409 e. The van der Waals surface area contributed by atoms with E-state index < -0.39 is 0 Å². The molecule has 2 heteroatoms. The summed E-state index contributed by atoms with van der Waals surface area (Å²) >= 11 is 0. The molecule has 0 atom stereocenters. The Balaban J connectivity index is 2.11. The molecule has 1 fully saturated rings. The van der Waals surface area contributed by atoms with Crippen LogP contribution in [0.2, 0.25) is 0 Å². The van der Waals surface area contributed by atoms with Crippen molar-refractivity contribution in [2.24, 2.45) is 5.92 Å². The molecule has 1 aliphatic carbocycles. The van der Waals surface area contributed by atoms with Gasteiger partial charge in [0.1, 0.15) is 0 Å². The van der Waals surface area contributed by atoms with Crippen molar-refractivity contribution in [3.8, 4) is 0 Å². The predicted octanol–water partition coefficient (Wildman–Crippen LogP) is 2.95. The summed E-state index contributed by atoms with van der Waals surface area (Å²) in [6, 6.07) is 6.79. The van der Waals surface area contributed by atoms with Gasteiger partial charge in [-0.05, 0) is 43.9 Å². The monoisotopic (exact) mass is 232 g/mol. The second-order valence-corrected chi connectivity index (χ2v) is 5.24. The summed E-state index contributed by atoms with van der Waals surface area (Å²) in [6.07, 6.45) is 2.83. The van der Waals surface area contributed by atoms with Crippen LogP contribution in [0, 0.1) is 12.8 Å². The van der Waals surface area contributed by atoms with E-state index in [9.17, 15) is 0 Å². The average Bonchev–Trinajstić information content (AvgIpc) is 3.10. The minimum Gasteiger partial charge on any atom is -0.374 e. The van der Waals surface area contributed by atoms with Crippen LogP contribution in [-0.2, 0) is 6.54 Å². The molecule has 1 saturated carbocycles. The molecule has 0 unspecified atom stereocenters. The fourth-order valence-electron chi connectivity index (χ4n) is 2.27. The molecular weight excluding hydrogens is 208 g/mol. The Morgan fingerprint density at radius 3 is 2.76 bits per heavy atom. The summed E-state index contributed by atoms with van der Waals surface area (Å²) in [6.45, 7) is 7.54. The van der Waals surface area contributed by atoms with Gasteiger partial charge in [0.05, 0.1) is 0 Å². The highest BCUT2D eigenvalue weighted by Gasteiger charge is 2.23. The maximum absolute atomic E-state index is 3.43. The molecule has 0 aliphatic heterocycles. The molecule has 2 nitrogen and oxygen atoms in total. The van der Waals surface area contributed by atoms with E-state index in [1.54, 1.807) is 0 Å². The lowest BCUT2D eigenvalue weighted by Crippen LogP contribution is -2.23. The summed E-state index contributed by atoms with van der Waals surface area (Å²) in [4.78, 5) is 2.42. The number of nitrogens with one attached hydrogen (secondary N) is 1. The number of hydrogen-bond acceptors (Lipinski definition) is 2. The van der Waals surface area contributed by atoms with Crippen LogP contribution in [-0.4, -0.2) is 20.1 Å². The van der Waals surface area contributed by atoms with Crippen LogP contribution < -0.4 is 10.2 Å². The van der Waals surface area contributed by atoms with E-state index in [1.165, 1.54) is 36.2 Å².